The second kappa shape index (κ2) is 7.99. The van der Waals surface area contributed by atoms with Crippen LogP contribution in [-0.2, 0) is 4.79 Å². The maximum absolute atomic E-state index is 12.1. The highest BCUT2D eigenvalue weighted by atomic mass is 35.5. The maximum Gasteiger partial charge on any atom is 0.291 e. The van der Waals surface area contributed by atoms with Crippen LogP contribution in [0.15, 0.2) is 41.0 Å². The first-order chi connectivity index (χ1) is 11.4. The summed E-state index contributed by atoms with van der Waals surface area (Å²) in [6, 6.07) is 7.38. The molecule has 0 bridgehead atoms. The fourth-order valence-electron chi connectivity index (χ4n) is 2.02. The Morgan fingerprint density at radius 2 is 2.04 bits per heavy atom. The summed E-state index contributed by atoms with van der Waals surface area (Å²) >= 11 is 6.16. The van der Waals surface area contributed by atoms with Crippen molar-refractivity contribution in [3.05, 3.63) is 47.4 Å². The molecule has 4 N–H and O–H groups in total. The summed E-state index contributed by atoms with van der Waals surface area (Å²) in [6.45, 7) is 3.90. The molecule has 0 spiro atoms. The van der Waals surface area contributed by atoms with Crippen LogP contribution in [0.4, 0.5) is 11.4 Å². The van der Waals surface area contributed by atoms with Crippen molar-refractivity contribution in [1.82, 2.24) is 0 Å². The summed E-state index contributed by atoms with van der Waals surface area (Å²) in [4.78, 5) is 24.0. The number of furan rings is 1. The number of rotatable bonds is 6. The van der Waals surface area contributed by atoms with E-state index in [1.165, 1.54) is 6.26 Å². The van der Waals surface area contributed by atoms with Gasteiger partial charge in [0.05, 0.1) is 23.0 Å². The summed E-state index contributed by atoms with van der Waals surface area (Å²) in [5.41, 5.74) is 6.83. The Hall–Kier alpha value is -2.31. The van der Waals surface area contributed by atoms with Crippen LogP contribution in [0.1, 0.15) is 30.8 Å². The van der Waals surface area contributed by atoms with E-state index in [9.17, 15) is 9.59 Å². The molecule has 1 heterocycles. The molecule has 0 saturated heterocycles. The molecule has 1 aromatic carbocycles. The predicted octanol–water partition coefficient (Wildman–Crippen LogP) is 3.50. The lowest BCUT2D eigenvalue weighted by Gasteiger charge is -2.18. The largest absolute Gasteiger partial charge is 0.459 e. The molecule has 0 saturated carbocycles. The van der Waals surface area contributed by atoms with Crippen LogP contribution in [0.2, 0.25) is 5.02 Å². The number of amides is 2. The van der Waals surface area contributed by atoms with Crippen molar-refractivity contribution < 1.29 is 14.0 Å². The zero-order valence-electron chi connectivity index (χ0n) is 13.5. The van der Waals surface area contributed by atoms with Gasteiger partial charge in [0.25, 0.3) is 5.91 Å². The second-order valence-electron chi connectivity index (χ2n) is 5.53. The Kier molecular flexibility index (Phi) is 6.00. The molecule has 2 amide bonds. The van der Waals surface area contributed by atoms with Gasteiger partial charge < -0.3 is 20.8 Å². The minimum absolute atomic E-state index is 0.0762. The van der Waals surface area contributed by atoms with E-state index < -0.39 is 11.9 Å². The molecule has 2 rings (SSSR count). The molecule has 6 nitrogen and oxygen atoms in total. The van der Waals surface area contributed by atoms with E-state index in [0.29, 0.717) is 16.4 Å². The first kappa shape index (κ1) is 18.0. The summed E-state index contributed by atoms with van der Waals surface area (Å²) < 4.78 is 5.02. The van der Waals surface area contributed by atoms with Gasteiger partial charge in [0, 0.05) is 5.69 Å². The summed E-state index contributed by atoms with van der Waals surface area (Å²) in [6.07, 6.45) is 2.22. The summed E-state index contributed by atoms with van der Waals surface area (Å²) in [5.74, 6) is -0.416. The molecule has 0 aliphatic heterocycles. The lowest BCUT2D eigenvalue weighted by atomic mass is 9.99. The molecule has 0 fully saturated rings. The first-order valence-electron chi connectivity index (χ1n) is 7.63. The number of nitrogens with one attached hydrogen (secondary N) is 2. The molecule has 0 aliphatic rings. The minimum Gasteiger partial charge on any atom is -0.459 e. The van der Waals surface area contributed by atoms with E-state index in [1.54, 1.807) is 30.3 Å². The maximum atomic E-state index is 12.1. The summed E-state index contributed by atoms with van der Waals surface area (Å²) in [7, 11) is 0. The molecule has 24 heavy (non-hydrogen) atoms. The van der Waals surface area contributed by atoms with Gasteiger partial charge in [-0.25, -0.2) is 0 Å². The van der Waals surface area contributed by atoms with Gasteiger partial charge >= 0.3 is 0 Å². The molecule has 2 unspecified atom stereocenters. The molecule has 0 aliphatic carbocycles. The summed E-state index contributed by atoms with van der Waals surface area (Å²) in [5, 5.41) is 5.66. The molecule has 128 valence electrons. The zero-order chi connectivity index (χ0) is 17.7. The molecule has 2 atom stereocenters. The van der Waals surface area contributed by atoms with E-state index in [0.717, 1.165) is 6.42 Å². The third kappa shape index (κ3) is 4.37. The normalized spacial score (nSPS) is 13.2. The van der Waals surface area contributed by atoms with Crippen molar-refractivity contribution in [3.8, 4) is 0 Å². The molecule has 1 aromatic heterocycles. The molecular weight excluding hydrogens is 330 g/mol. The van der Waals surface area contributed by atoms with Crippen molar-refractivity contribution in [3.63, 3.8) is 0 Å². The molecule has 2 aromatic rings. The fourth-order valence-corrected chi connectivity index (χ4v) is 2.25. The van der Waals surface area contributed by atoms with Gasteiger partial charge in [-0.1, -0.05) is 31.9 Å². The van der Waals surface area contributed by atoms with Gasteiger partial charge in [0.2, 0.25) is 5.91 Å². The van der Waals surface area contributed by atoms with E-state index in [-0.39, 0.29) is 17.6 Å². The van der Waals surface area contributed by atoms with Gasteiger partial charge in [-0.2, -0.15) is 0 Å². The quantitative estimate of drug-likeness (QED) is 0.743. The highest BCUT2D eigenvalue weighted by molar-refractivity contribution is 6.34. The first-order valence-corrected chi connectivity index (χ1v) is 8.01. The Labute approximate surface area is 145 Å². The van der Waals surface area contributed by atoms with Crippen molar-refractivity contribution in [1.29, 1.82) is 0 Å². The van der Waals surface area contributed by atoms with Crippen LogP contribution in [0, 0.1) is 5.92 Å². The number of nitrogens with two attached hydrogens (primary N) is 1. The van der Waals surface area contributed by atoms with Crippen LogP contribution < -0.4 is 16.4 Å². The fraction of sp³-hybridized carbons (Fsp3) is 0.294. The van der Waals surface area contributed by atoms with Crippen LogP contribution in [-0.4, -0.2) is 17.9 Å². The third-order valence-corrected chi connectivity index (χ3v) is 4.10. The number of hydrogen-bond acceptors (Lipinski definition) is 4. The van der Waals surface area contributed by atoms with Gasteiger partial charge in [0.1, 0.15) is 0 Å². The lowest BCUT2D eigenvalue weighted by Crippen LogP contribution is -2.40. The van der Waals surface area contributed by atoms with E-state index >= 15 is 0 Å². The number of carbonyl (C=O) groups excluding carboxylic acids is 2. The van der Waals surface area contributed by atoms with Crippen molar-refractivity contribution in [2.75, 3.05) is 10.6 Å². The number of carbonyl (C=O) groups is 2. The van der Waals surface area contributed by atoms with E-state index in [4.69, 9.17) is 21.8 Å². The lowest BCUT2D eigenvalue weighted by molar-refractivity contribution is -0.118. The monoisotopic (exact) mass is 349 g/mol. The zero-order valence-corrected chi connectivity index (χ0v) is 14.3. The number of halogens is 1. The number of anilines is 2. The van der Waals surface area contributed by atoms with Crippen LogP contribution in [0.25, 0.3) is 0 Å². The predicted molar refractivity (Wildman–Crippen MR) is 94.2 cm³/mol. The third-order valence-electron chi connectivity index (χ3n) is 3.79. The smallest absolute Gasteiger partial charge is 0.291 e. The van der Waals surface area contributed by atoms with Gasteiger partial charge in [-0.3, -0.25) is 9.59 Å². The SMILES string of the molecule is CCC(C)C(N)C(=O)Nc1ccc(NC(=O)c2ccco2)c(Cl)c1. The number of hydrogen-bond donors (Lipinski definition) is 3. The number of benzene rings is 1. The molecular formula is C17H20ClN3O3. The van der Waals surface area contributed by atoms with Crippen LogP contribution >= 0.6 is 11.6 Å². The van der Waals surface area contributed by atoms with Gasteiger partial charge in [0.15, 0.2) is 5.76 Å². The Morgan fingerprint density at radius 1 is 1.29 bits per heavy atom. The van der Waals surface area contributed by atoms with Crippen LogP contribution in [0.5, 0.6) is 0 Å². The standard InChI is InChI=1S/C17H20ClN3O3/c1-3-10(2)15(19)17(23)20-11-6-7-13(12(18)9-11)21-16(22)14-5-4-8-24-14/h4-10,15H,3,19H2,1-2H3,(H,20,23)(H,21,22). The van der Waals surface area contributed by atoms with Crippen molar-refractivity contribution in [2.24, 2.45) is 11.7 Å². The molecule has 7 heteroatoms. The van der Waals surface area contributed by atoms with Gasteiger partial charge in [-0.15, -0.1) is 0 Å². The average molecular weight is 350 g/mol. The van der Waals surface area contributed by atoms with Crippen molar-refractivity contribution in [2.45, 2.75) is 26.3 Å². The topological polar surface area (TPSA) is 97.4 Å². The Balaban J connectivity index is 2.04. The average Bonchev–Trinajstić information content (AvgIpc) is 3.10. The van der Waals surface area contributed by atoms with E-state index in [1.807, 2.05) is 13.8 Å². The van der Waals surface area contributed by atoms with Crippen LogP contribution in [0.3, 0.4) is 0 Å². The highest BCUT2D eigenvalue weighted by Crippen LogP contribution is 2.26. The second-order valence-corrected chi connectivity index (χ2v) is 5.93. The Morgan fingerprint density at radius 3 is 2.62 bits per heavy atom. The van der Waals surface area contributed by atoms with Crippen molar-refractivity contribution >= 4 is 34.8 Å². The van der Waals surface area contributed by atoms with Gasteiger partial charge in [-0.05, 0) is 36.2 Å². The highest BCUT2D eigenvalue weighted by Gasteiger charge is 2.19. The van der Waals surface area contributed by atoms with E-state index in [2.05, 4.69) is 10.6 Å². The Bertz CT molecular complexity index is 716. The minimum atomic E-state index is -0.591. The molecule has 0 radical (unpaired) electrons.